The summed E-state index contributed by atoms with van der Waals surface area (Å²) >= 11 is 2.99. The lowest BCUT2D eigenvalue weighted by molar-refractivity contribution is 0.0691. The molecule has 0 heterocycles. The van der Waals surface area contributed by atoms with E-state index >= 15 is 0 Å². The summed E-state index contributed by atoms with van der Waals surface area (Å²) < 4.78 is 4.95. The second kappa shape index (κ2) is 4.31. The van der Waals surface area contributed by atoms with Crippen LogP contribution in [0.5, 0.6) is 11.5 Å². The Kier molecular flexibility index (Phi) is 3.31. The molecule has 0 unspecified atom stereocenters. The van der Waals surface area contributed by atoms with Crippen LogP contribution in [0.2, 0.25) is 0 Å². The fourth-order valence-electron chi connectivity index (χ4n) is 1.11. The molecule has 2 N–H and O–H groups in total. The first kappa shape index (κ1) is 11.5. The summed E-state index contributed by atoms with van der Waals surface area (Å²) in [7, 11) is 1.33. The number of methoxy groups -OCH3 is 1. The third-order valence-corrected chi connectivity index (χ3v) is 2.59. The van der Waals surface area contributed by atoms with Crippen LogP contribution in [0, 0.1) is 0 Å². The van der Waals surface area contributed by atoms with Gasteiger partial charge in [0.05, 0.1) is 22.7 Å². The van der Waals surface area contributed by atoms with Gasteiger partial charge in [-0.3, -0.25) is 4.79 Å². The molecular formula is C9H7BrO5. The van der Waals surface area contributed by atoms with Gasteiger partial charge in [-0.05, 0) is 15.9 Å². The number of phenolic OH excluding ortho intramolecular Hbond substituents is 1. The number of aromatic hydroxyl groups is 1. The van der Waals surface area contributed by atoms with Crippen LogP contribution in [0.15, 0.2) is 10.5 Å². The highest BCUT2D eigenvalue weighted by Crippen LogP contribution is 2.36. The van der Waals surface area contributed by atoms with Crippen molar-refractivity contribution in [3.05, 3.63) is 21.7 Å². The number of benzene rings is 1. The summed E-state index contributed by atoms with van der Waals surface area (Å²) in [6.45, 7) is 0. The molecule has 0 amide bonds. The number of phenols is 1. The van der Waals surface area contributed by atoms with E-state index < -0.39 is 11.7 Å². The third-order valence-electron chi connectivity index (χ3n) is 1.80. The van der Waals surface area contributed by atoms with Gasteiger partial charge in [-0.25, -0.2) is 4.79 Å². The normalized spacial score (nSPS) is 9.73. The predicted molar refractivity (Wildman–Crippen MR) is 54.7 cm³/mol. The van der Waals surface area contributed by atoms with Crippen LogP contribution < -0.4 is 4.74 Å². The fourth-order valence-corrected chi connectivity index (χ4v) is 1.77. The minimum atomic E-state index is -1.32. The molecule has 1 aromatic carbocycles. The monoisotopic (exact) mass is 274 g/mol. The molecule has 0 aromatic heterocycles. The van der Waals surface area contributed by atoms with E-state index in [0.29, 0.717) is 0 Å². The number of carbonyl (C=O) groups excluding carboxylic acids is 1. The van der Waals surface area contributed by atoms with Crippen molar-refractivity contribution >= 4 is 28.2 Å². The van der Waals surface area contributed by atoms with E-state index in [2.05, 4.69) is 15.9 Å². The maximum atomic E-state index is 10.9. The summed E-state index contributed by atoms with van der Waals surface area (Å²) in [4.78, 5) is 21.5. The molecular weight excluding hydrogens is 268 g/mol. The number of ether oxygens (including phenoxy) is 1. The number of carboxylic acids is 1. The van der Waals surface area contributed by atoms with E-state index in [4.69, 9.17) is 9.84 Å². The Bertz CT molecular complexity index is 427. The van der Waals surface area contributed by atoms with Crippen LogP contribution in [-0.2, 0) is 0 Å². The molecule has 15 heavy (non-hydrogen) atoms. The minimum absolute atomic E-state index is 0.123. The average molecular weight is 275 g/mol. The minimum Gasteiger partial charge on any atom is -0.507 e. The molecule has 1 rings (SSSR count). The van der Waals surface area contributed by atoms with Crippen molar-refractivity contribution in [1.82, 2.24) is 0 Å². The number of hydrogen-bond acceptors (Lipinski definition) is 4. The highest BCUT2D eigenvalue weighted by atomic mass is 79.9. The first-order valence-electron chi connectivity index (χ1n) is 3.80. The highest BCUT2D eigenvalue weighted by molar-refractivity contribution is 9.10. The van der Waals surface area contributed by atoms with Crippen LogP contribution in [0.1, 0.15) is 20.7 Å². The highest BCUT2D eigenvalue weighted by Gasteiger charge is 2.21. The molecule has 0 saturated carbocycles. The van der Waals surface area contributed by atoms with Crippen molar-refractivity contribution in [3.63, 3.8) is 0 Å². The topological polar surface area (TPSA) is 83.8 Å². The summed E-state index contributed by atoms with van der Waals surface area (Å²) in [5, 5.41) is 18.2. The van der Waals surface area contributed by atoms with Gasteiger partial charge in [0.15, 0.2) is 6.29 Å². The fraction of sp³-hybridized carbons (Fsp3) is 0.111. The van der Waals surface area contributed by atoms with E-state index in [1.807, 2.05) is 0 Å². The van der Waals surface area contributed by atoms with Crippen LogP contribution in [0.4, 0.5) is 0 Å². The van der Waals surface area contributed by atoms with E-state index in [1.165, 1.54) is 13.2 Å². The van der Waals surface area contributed by atoms with Crippen molar-refractivity contribution < 1.29 is 24.5 Å². The van der Waals surface area contributed by atoms with Crippen LogP contribution in [-0.4, -0.2) is 29.6 Å². The van der Waals surface area contributed by atoms with Crippen molar-refractivity contribution in [3.8, 4) is 11.5 Å². The lowest BCUT2D eigenvalue weighted by Gasteiger charge is -2.09. The van der Waals surface area contributed by atoms with Crippen LogP contribution in [0.25, 0.3) is 0 Å². The van der Waals surface area contributed by atoms with Gasteiger partial charge in [0.1, 0.15) is 11.5 Å². The van der Waals surface area contributed by atoms with E-state index in [-0.39, 0.29) is 27.6 Å². The summed E-state index contributed by atoms with van der Waals surface area (Å²) in [6, 6.07) is 1.17. The molecule has 0 atom stereocenters. The second-order valence-corrected chi connectivity index (χ2v) is 3.42. The van der Waals surface area contributed by atoms with Crippen LogP contribution in [0.3, 0.4) is 0 Å². The maximum absolute atomic E-state index is 10.9. The van der Waals surface area contributed by atoms with Gasteiger partial charge in [-0.15, -0.1) is 0 Å². The maximum Gasteiger partial charge on any atom is 0.337 e. The molecule has 6 heteroatoms. The van der Waals surface area contributed by atoms with E-state index in [0.717, 1.165) is 0 Å². The summed E-state index contributed by atoms with van der Waals surface area (Å²) in [5.74, 6) is -1.60. The molecule has 1 aromatic rings. The molecule has 0 bridgehead atoms. The zero-order valence-electron chi connectivity index (χ0n) is 7.65. The van der Waals surface area contributed by atoms with Crippen molar-refractivity contribution in [1.29, 1.82) is 0 Å². The molecule has 0 fully saturated rings. The van der Waals surface area contributed by atoms with Gasteiger partial charge < -0.3 is 14.9 Å². The van der Waals surface area contributed by atoms with Crippen molar-refractivity contribution in [2.45, 2.75) is 0 Å². The lowest BCUT2D eigenvalue weighted by atomic mass is 10.1. The van der Waals surface area contributed by atoms with Gasteiger partial charge in [0, 0.05) is 6.07 Å². The SMILES string of the molecule is COc1cc(O)c(C=O)c(C(=O)O)c1Br. The Morgan fingerprint density at radius 3 is 2.60 bits per heavy atom. The Labute approximate surface area is 93.4 Å². The molecule has 0 spiro atoms. The number of aromatic carboxylic acids is 1. The number of rotatable bonds is 3. The summed E-state index contributed by atoms with van der Waals surface area (Å²) in [6.07, 6.45) is 0.281. The van der Waals surface area contributed by atoms with Gasteiger partial charge in [-0.2, -0.15) is 0 Å². The van der Waals surface area contributed by atoms with Gasteiger partial charge >= 0.3 is 5.97 Å². The largest absolute Gasteiger partial charge is 0.507 e. The smallest absolute Gasteiger partial charge is 0.337 e. The molecule has 0 aliphatic heterocycles. The van der Waals surface area contributed by atoms with Crippen molar-refractivity contribution in [2.24, 2.45) is 0 Å². The molecule has 5 nitrogen and oxygen atoms in total. The molecule has 0 aliphatic carbocycles. The quantitative estimate of drug-likeness (QED) is 0.820. The van der Waals surface area contributed by atoms with Crippen molar-refractivity contribution in [2.75, 3.05) is 7.11 Å². The predicted octanol–water partition coefficient (Wildman–Crippen LogP) is 1.67. The molecule has 0 radical (unpaired) electrons. The van der Waals surface area contributed by atoms with Gasteiger partial charge in [-0.1, -0.05) is 0 Å². The first-order chi connectivity index (χ1) is 7.02. The lowest BCUT2D eigenvalue weighted by Crippen LogP contribution is -2.05. The number of aldehydes is 1. The Morgan fingerprint density at radius 2 is 2.20 bits per heavy atom. The number of hydrogen-bond donors (Lipinski definition) is 2. The molecule has 0 aliphatic rings. The Hall–Kier alpha value is -1.56. The van der Waals surface area contributed by atoms with Gasteiger partial charge in [0.2, 0.25) is 0 Å². The van der Waals surface area contributed by atoms with Crippen LogP contribution >= 0.6 is 15.9 Å². The van der Waals surface area contributed by atoms with Gasteiger partial charge in [0.25, 0.3) is 0 Å². The zero-order valence-corrected chi connectivity index (χ0v) is 9.24. The number of carboxylic acid groups (broad SMARTS) is 1. The second-order valence-electron chi connectivity index (χ2n) is 2.62. The third kappa shape index (κ3) is 1.94. The first-order valence-corrected chi connectivity index (χ1v) is 4.60. The molecule has 80 valence electrons. The molecule has 0 saturated heterocycles. The number of halogens is 1. The standard InChI is InChI=1S/C9H7BrO5/c1-15-6-2-5(12)4(3-11)7(8(6)10)9(13)14/h2-3,12H,1H3,(H,13,14). The summed E-state index contributed by atoms with van der Waals surface area (Å²) in [5.41, 5.74) is -0.600. The van der Waals surface area contributed by atoms with E-state index in [9.17, 15) is 14.7 Å². The number of carbonyl (C=O) groups is 2. The Balaban J connectivity index is 3.62. The van der Waals surface area contributed by atoms with E-state index in [1.54, 1.807) is 0 Å². The zero-order chi connectivity index (χ0) is 11.6. The average Bonchev–Trinajstić information content (AvgIpc) is 2.19. The Morgan fingerprint density at radius 1 is 1.60 bits per heavy atom.